The number of rotatable bonds is 4. The van der Waals surface area contributed by atoms with Gasteiger partial charge in [0.2, 0.25) is 0 Å². The molecule has 0 fully saturated rings. The SMILES string of the molecule is CC(C)(C)c1cc(C2=Cc3ccccc3[CH]2[Zr+2][CH]2C(c3cc(C(C)(C)C)cc(C(C)(C)C)c3)=Cc3ccccc32)cc(C(C)(C)C)c1.[Cl-].[Cl-]. The number of hydrogen-bond donors (Lipinski definition) is 0. The fraction of sp³-hybridized carbons (Fsp3) is 0.391. The smallest absolute Gasteiger partial charge is 1.00 e. The molecule has 2 atom stereocenters. The van der Waals surface area contributed by atoms with Gasteiger partial charge >= 0.3 is 299 Å². The number of benzene rings is 4. The number of allylic oxidation sites excluding steroid dienone is 2. The Balaban J connectivity index is 0.00000270. The zero-order chi connectivity index (χ0) is 34.1. The summed E-state index contributed by atoms with van der Waals surface area (Å²) in [6.07, 6.45) is 5.08. The molecule has 3 heteroatoms. The molecule has 2 aliphatic rings. The van der Waals surface area contributed by atoms with Crippen molar-refractivity contribution in [1.82, 2.24) is 0 Å². The average molecular weight is 769 g/mol. The summed E-state index contributed by atoms with van der Waals surface area (Å²) in [4.78, 5) is 0. The summed E-state index contributed by atoms with van der Waals surface area (Å²) >= 11 is -1.16. The van der Waals surface area contributed by atoms with Crippen molar-refractivity contribution in [3.63, 3.8) is 0 Å². The van der Waals surface area contributed by atoms with Crippen molar-refractivity contribution < 1.29 is 48.0 Å². The van der Waals surface area contributed by atoms with Crippen LogP contribution in [0.1, 0.15) is 146 Å². The van der Waals surface area contributed by atoms with Crippen molar-refractivity contribution in [1.29, 1.82) is 0 Å². The van der Waals surface area contributed by atoms with E-state index in [4.69, 9.17) is 0 Å². The number of hydrogen-bond acceptors (Lipinski definition) is 0. The summed E-state index contributed by atoms with van der Waals surface area (Å²) in [7, 11) is 0. The van der Waals surface area contributed by atoms with E-state index in [1.165, 1.54) is 66.8 Å². The van der Waals surface area contributed by atoms with Crippen LogP contribution in [0.3, 0.4) is 0 Å². The molecule has 0 radical (unpaired) electrons. The first-order chi connectivity index (χ1) is 21.8. The maximum atomic E-state index is 2.54. The van der Waals surface area contributed by atoms with Crippen LogP contribution in [0.5, 0.6) is 0 Å². The summed E-state index contributed by atoms with van der Waals surface area (Å²) in [5.74, 6) is 0. The predicted molar refractivity (Wildman–Crippen MR) is 202 cm³/mol. The van der Waals surface area contributed by atoms with Gasteiger partial charge in [0, 0.05) is 0 Å². The van der Waals surface area contributed by atoms with E-state index in [0.29, 0.717) is 7.25 Å². The van der Waals surface area contributed by atoms with Crippen molar-refractivity contribution in [3.8, 4) is 0 Å². The Morgan fingerprint density at radius 3 is 0.980 bits per heavy atom. The fourth-order valence-corrected chi connectivity index (χ4v) is 12.1. The van der Waals surface area contributed by atoms with Crippen LogP contribution >= 0.6 is 0 Å². The molecule has 0 spiro atoms. The minimum atomic E-state index is -1.16. The summed E-state index contributed by atoms with van der Waals surface area (Å²) in [5.41, 5.74) is 17.9. The molecule has 0 saturated carbocycles. The van der Waals surface area contributed by atoms with Crippen LogP contribution in [0.2, 0.25) is 0 Å². The third kappa shape index (κ3) is 8.16. The number of fused-ring (bicyclic) bond motifs is 2. The Labute approximate surface area is 321 Å². The average Bonchev–Trinajstić information content (AvgIpc) is 3.54. The third-order valence-electron chi connectivity index (χ3n) is 10.2. The Morgan fingerprint density at radius 2 is 0.694 bits per heavy atom. The zero-order valence-electron chi connectivity index (χ0n) is 31.6. The molecule has 256 valence electrons. The Bertz CT molecular complexity index is 1690. The van der Waals surface area contributed by atoms with Gasteiger partial charge in [0.05, 0.1) is 0 Å². The second-order valence-electron chi connectivity index (χ2n) is 18.1. The van der Waals surface area contributed by atoms with Gasteiger partial charge in [0.15, 0.2) is 0 Å². The van der Waals surface area contributed by atoms with Gasteiger partial charge in [0.1, 0.15) is 0 Å². The van der Waals surface area contributed by atoms with E-state index in [9.17, 15) is 0 Å². The van der Waals surface area contributed by atoms with E-state index >= 15 is 0 Å². The molecular formula is C46H54Cl2Zr. The van der Waals surface area contributed by atoms with Gasteiger partial charge < -0.3 is 24.8 Å². The molecule has 0 saturated heterocycles. The second-order valence-corrected chi connectivity index (χ2v) is 21.7. The van der Waals surface area contributed by atoms with E-state index in [2.05, 4.69) is 180 Å². The van der Waals surface area contributed by atoms with Crippen LogP contribution in [0.4, 0.5) is 0 Å². The minimum Gasteiger partial charge on any atom is -1.00 e. The zero-order valence-corrected chi connectivity index (χ0v) is 35.6. The topological polar surface area (TPSA) is 0 Å². The fourth-order valence-electron chi connectivity index (χ4n) is 6.99. The van der Waals surface area contributed by atoms with Crippen LogP contribution in [0.15, 0.2) is 84.9 Å². The predicted octanol–water partition coefficient (Wildman–Crippen LogP) is 6.86. The molecule has 0 aliphatic heterocycles. The molecule has 2 unspecified atom stereocenters. The van der Waals surface area contributed by atoms with E-state index < -0.39 is 23.2 Å². The van der Waals surface area contributed by atoms with Crippen LogP contribution in [-0.2, 0) is 44.9 Å². The molecule has 49 heavy (non-hydrogen) atoms. The molecular weight excluding hydrogens is 715 g/mol. The van der Waals surface area contributed by atoms with E-state index in [1.54, 1.807) is 0 Å². The maximum absolute atomic E-state index is 2.54. The molecule has 0 amide bonds. The molecule has 0 N–H and O–H groups in total. The Kier molecular flexibility index (Phi) is 11.4. The quantitative estimate of drug-likeness (QED) is 0.213. The maximum Gasteiger partial charge on any atom is -1.00 e. The normalized spacial score (nSPS) is 17.2. The van der Waals surface area contributed by atoms with E-state index in [0.717, 1.165) is 0 Å². The molecule has 2 aliphatic carbocycles. The van der Waals surface area contributed by atoms with Crippen molar-refractivity contribution in [2.45, 2.75) is 112 Å². The Hall–Kier alpha value is -2.18. The summed E-state index contributed by atoms with van der Waals surface area (Å²) in [6.45, 7) is 28.3. The van der Waals surface area contributed by atoms with E-state index in [-0.39, 0.29) is 46.5 Å². The Morgan fingerprint density at radius 1 is 0.408 bits per heavy atom. The monoisotopic (exact) mass is 766 g/mol. The largest absolute Gasteiger partial charge is 1.00 e. The molecule has 0 heterocycles. The van der Waals surface area contributed by atoms with Gasteiger partial charge in [-0.3, -0.25) is 0 Å². The standard InChI is InChI=1S/2C23H27.2ClH.Zr/c2*1-22(2,3)20-13-19(14-21(15-20)23(4,5)6)18-11-16-9-7-8-10-17(16)12-18;;;/h2*7-15H,1-6H3;2*1H;/q;;;;+2/p-2. The summed E-state index contributed by atoms with van der Waals surface area (Å²) in [5, 5.41) is 0. The van der Waals surface area contributed by atoms with Crippen molar-refractivity contribution in [3.05, 3.63) is 141 Å². The molecule has 4 aromatic rings. The molecule has 0 aromatic heterocycles. The van der Waals surface area contributed by atoms with Crippen LogP contribution in [0.25, 0.3) is 23.3 Å². The summed E-state index contributed by atoms with van der Waals surface area (Å²) in [6, 6.07) is 33.5. The number of halogens is 2. The van der Waals surface area contributed by atoms with Gasteiger partial charge in [0.25, 0.3) is 0 Å². The van der Waals surface area contributed by atoms with Crippen LogP contribution < -0.4 is 24.8 Å². The van der Waals surface area contributed by atoms with Gasteiger partial charge in [-0.1, -0.05) is 0 Å². The molecule has 6 rings (SSSR count). The second kappa shape index (κ2) is 14.1. The molecule has 0 bridgehead atoms. The summed E-state index contributed by atoms with van der Waals surface area (Å²) < 4.78 is 0.954. The first-order valence-corrected chi connectivity index (χ1v) is 20.3. The van der Waals surface area contributed by atoms with E-state index in [1.807, 2.05) is 0 Å². The van der Waals surface area contributed by atoms with Crippen molar-refractivity contribution in [2.75, 3.05) is 0 Å². The van der Waals surface area contributed by atoms with Crippen molar-refractivity contribution >= 4 is 23.3 Å². The van der Waals surface area contributed by atoms with Crippen molar-refractivity contribution in [2.24, 2.45) is 0 Å². The molecule has 0 nitrogen and oxygen atoms in total. The third-order valence-corrected chi connectivity index (χ3v) is 14.9. The van der Waals surface area contributed by atoms with Crippen LogP contribution in [-0.4, -0.2) is 0 Å². The first kappa shape index (κ1) is 39.6. The minimum absolute atomic E-state index is 0. The van der Waals surface area contributed by atoms with Gasteiger partial charge in [-0.2, -0.15) is 0 Å². The first-order valence-electron chi connectivity index (χ1n) is 17.5. The molecule has 4 aromatic carbocycles. The van der Waals surface area contributed by atoms with Gasteiger partial charge in [-0.05, 0) is 0 Å². The van der Waals surface area contributed by atoms with Gasteiger partial charge in [-0.15, -0.1) is 0 Å². The van der Waals surface area contributed by atoms with Gasteiger partial charge in [-0.25, -0.2) is 0 Å². The van der Waals surface area contributed by atoms with Crippen LogP contribution in [0, 0.1) is 0 Å².